The second kappa shape index (κ2) is 10.7. The largest absolute Gasteiger partial charge is 0.460 e. The van der Waals surface area contributed by atoms with Crippen molar-refractivity contribution in [1.29, 1.82) is 0 Å². The number of anilines is 1. The van der Waals surface area contributed by atoms with Gasteiger partial charge in [-0.15, -0.1) is 0 Å². The quantitative estimate of drug-likeness (QED) is 0.238. The summed E-state index contributed by atoms with van der Waals surface area (Å²) in [6.07, 6.45) is 0.175. The molecule has 1 aliphatic heterocycles. The van der Waals surface area contributed by atoms with Crippen LogP contribution in [-0.2, 0) is 38.7 Å². The fraction of sp³-hybridized carbons (Fsp3) is 0.188. The molecule has 0 saturated carbocycles. The van der Waals surface area contributed by atoms with Gasteiger partial charge in [-0.1, -0.05) is 109 Å². The lowest BCUT2D eigenvalue weighted by molar-refractivity contribution is -0.177. The Morgan fingerprint density at radius 1 is 0.703 bits per heavy atom. The van der Waals surface area contributed by atoms with Gasteiger partial charge in [-0.25, -0.2) is 0 Å². The first-order chi connectivity index (χ1) is 18.1. The van der Waals surface area contributed by atoms with Gasteiger partial charge < -0.3 is 14.4 Å². The third-order valence-corrected chi connectivity index (χ3v) is 6.96. The number of esters is 2. The lowest BCUT2D eigenvalue weighted by atomic mass is 9.68. The normalized spacial score (nSPS) is 15.9. The number of hydrogen-bond donors (Lipinski definition) is 0. The van der Waals surface area contributed by atoms with E-state index in [4.69, 9.17) is 9.47 Å². The van der Waals surface area contributed by atoms with Gasteiger partial charge in [0.05, 0.1) is 6.04 Å². The summed E-state index contributed by atoms with van der Waals surface area (Å²) < 4.78 is 11.8. The van der Waals surface area contributed by atoms with Gasteiger partial charge in [-0.05, 0) is 28.3 Å². The van der Waals surface area contributed by atoms with E-state index in [-0.39, 0.29) is 19.6 Å². The summed E-state index contributed by atoms with van der Waals surface area (Å²) >= 11 is 0. The zero-order chi connectivity index (χ0) is 25.7. The highest BCUT2D eigenvalue weighted by molar-refractivity contribution is 6.03. The van der Waals surface area contributed by atoms with E-state index in [1.807, 2.05) is 127 Å². The topological polar surface area (TPSA) is 55.8 Å². The molecule has 1 aliphatic rings. The third kappa shape index (κ3) is 4.85. The Hall–Kier alpha value is -4.38. The van der Waals surface area contributed by atoms with Crippen molar-refractivity contribution < 1.29 is 19.1 Å². The van der Waals surface area contributed by atoms with Crippen LogP contribution in [0.3, 0.4) is 0 Å². The van der Waals surface area contributed by atoms with Crippen LogP contribution in [0.2, 0.25) is 0 Å². The minimum absolute atomic E-state index is 0.0697. The Morgan fingerprint density at radius 2 is 1.16 bits per heavy atom. The fourth-order valence-electron chi connectivity index (χ4n) is 5.17. The Morgan fingerprint density at radius 3 is 1.70 bits per heavy atom. The van der Waals surface area contributed by atoms with Crippen LogP contribution in [0.15, 0.2) is 115 Å². The number of rotatable bonds is 7. The van der Waals surface area contributed by atoms with Crippen LogP contribution >= 0.6 is 0 Å². The van der Waals surface area contributed by atoms with E-state index in [2.05, 4.69) is 0 Å². The molecule has 1 atom stereocenters. The molecule has 5 rings (SSSR count). The van der Waals surface area contributed by atoms with E-state index in [9.17, 15) is 9.59 Å². The zero-order valence-corrected chi connectivity index (χ0v) is 20.7. The number of carbonyl (C=O) groups excluding carboxylic acids is 2. The van der Waals surface area contributed by atoms with Gasteiger partial charge in [0.2, 0.25) is 0 Å². The molecule has 0 N–H and O–H groups in total. The molecule has 5 nitrogen and oxygen atoms in total. The number of nitrogens with zero attached hydrogens (tertiary/aromatic N) is 1. The Balaban J connectivity index is 1.58. The van der Waals surface area contributed by atoms with Gasteiger partial charge in [-0.2, -0.15) is 0 Å². The first-order valence-electron chi connectivity index (χ1n) is 12.4. The second-order valence-electron chi connectivity index (χ2n) is 9.32. The first kappa shape index (κ1) is 24.3. The highest BCUT2D eigenvalue weighted by Gasteiger charge is 2.59. The number of benzene rings is 4. The molecule has 0 radical (unpaired) electrons. The van der Waals surface area contributed by atoms with Gasteiger partial charge in [0, 0.05) is 19.2 Å². The van der Waals surface area contributed by atoms with Crippen molar-refractivity contribution in [1.82, 2.24) is 0 Å². The van der Waals surface area contributed by atoms with Crippen LogP contribution in [0.25, 0.3) is 0 Å². The maximum absolute atomic E-state index is 14.1. The van der Waals surface area contributed by atoms with Crippen molar-refractivity contribution in [2.45, 2.75) is 25.7 Å². The zero-order valence-electron chi connectivity index (χ0n) is 20.7. The predicted molar refractivity (Wildman–Crippen MR) is 143 cm³/mol. The van der Waals surface area contributed by atoms with Crippen molar-refractivity contribution in [2.75, 3.05) is 11.9 Å². The number of ether oxygens (including phenoxy) is 2. The summed E-state index contributed by atoms with van der Waals surface area (Å²) in [6.45, 7) is 0.139. The van der Waals surface area contributed by atoms with E-state index < -0.39 is 23.4 Å². The second-order valence-corrected chi connectivity index (χ2v) is 9.32. The van der Waals surface area contributed by atoms with Gasteiger partial charge in [0.15, 0.2) is 5.41 Å². The lowest BCUT2D eigenvalue weighted by Gasteiger charge is -2.47. The number of para-hydroxylation sites is 1. The monoisotopic (exact) mass is 491 g/mol. The molecule has 37 heavy (non-hydrogen) atoms. The van der Waals surface area contributed by atoms with Crippen LogP contribution < -0.4 is 4.90 Å². The molecular formula is C32H29NO4. The maximum Gasteiger partial charge on any atom is 0.326 e. The molecule has 0 spiro atoms. The molecule has 0 saturated heterocycles. The molecule has 0 aromatic heterocycles. The van der Waals surface area contributed by atoms with Crippen LogP contribution in [0.1, 0.15) is 28.3 Å². The van der Waals surface area contributed by atoms with E-state index in [0.717, 1.165) is 27.9 Å². The van der Waals surface area contributed by atoms with Crippen molar-refractivity contribution in [3.63, 3.8) is 0 Å². The SMILES string of the molecule is CN1c2ccccc2CC(C(=O)OCc2ccccc2)(C(=O)OCc2ccccc2)C1c1ccccc1. The number of fused-ring (bicyclic) bond motifs is 1. The average Bonchev–Trinajstić information content (AvgIpc) is 2.96. The first-order valence-corrected chi connectivity index (χ1v) is 12.4. The highest BCUT2D eigenvalue weighted by Crippen LogP contribution is 2.50. The molecular weight excluding hydrogens is 462 g/mol. The van der Waals surface area contributed by atoms with E-state index >= 15 is 0 Å². The molecule has 4 aromatic carbocycles. The van der Waals surface area contributed by atoms with E-state index in [1.165, 1.54) is 0 Å². The van der Waals surface area contributed by atoms with Crippen molar-refractivity contribution in [2.24, 2.45) is 5.41 Å². The van der Waals surface area contributed by atoms with E-state index in [1.54, 1.807) is 0 Å². The maximum atomic E-state index is 14.1. The highest BCUT2D eigenvalue weighted by atomic mass is 16.6. The van der Waals surface area contributed by atoms with Gasteiger partial charge in [0.1, 0.15) is 13.2 Å². The average molecular weight is 492 g/mol. The minimum atomic E-state index is -1.60. The molecule has 0 fully saturated rings. The van der Waals surface area contributed by atoms with Gasteiger partial charge >= 0.3 is 11.9 Å². The summed E-state index contributed by atoms with van der Waals surface area (Å²) in [4.78, 5) is 30.3. The molecule has 5 heteroatoms. The standard InChI is InChI=1S/C32H29NO4/c1-33-28-20-12-11-19-27(28)21-32(29(33)26-17-9-4-10-18-26,30(34)36-22-24-13-5-2-6-14-24)31(35)37-23-25-15-7-3-8-16-25/h2-20,29H,21-23H2,1H3. The molecule has 1 unspecified atom stereocenters. The summed E-state index contributed by atoms with van der Waals surface area (Å²) in [6, 6.07) is 35.8. The van der Waals surface area contributed by atoms with Crippen LogP contribution in [0, 0.1) is 5.41 Å². The molecule has 186 valence electrons. The summed E-state index contributed by atoms with van der Waals surface area (Å²) in [5.41, 5.74) is 2.81. The summed E-state index contributed by atoms with van der Waals surface area (Å²) in [7, 11) is 1.92. The van der Waals surface area contributed by atoms with Crippen LogP contribution in [-0.4, -0.2) is 19.0 Å². The summed E-state index contributed by atoms with van der Waals surface area (Å²) in [5, 5.41) is 0. The third-order valence-electron chi connectivity index (χ3n) is 6.96. The van der Waals surface area contributed by atoms with Crippen molar-refractivity contribution in [3.05, 3.63) is 138 Å². The smallest absolute Gasteiger partial charge is 0.326 e. The Kier molecular flexibility index (Phi) is 7.04. The molecule has 0 amide bonds. The molecule has 0 aliphatic carbocycles. The fourth-order valence-corrected chi connectivity index (χ4v) is 5.17. The Labute approximate surface area is 217 Å². The van der Waals surface area contributed by atoms with Gasteiger partial charge in [0.25, 0.3) is 0 Å². The number of hydrogen-bond acceptors (Lipinski definition) is 5. The van der Waals surface area contributed by atoms with Crippen molar-refractivity contribution in [3.8, 4) is 0 Å². The minimum Gasteiger partial charge on any atom is -0.460 e. The lowest BCUT2D eigenvalue weighted by Crippen LogP contribution is -2.55. The predicted octanol–water partition coefficient (Wildman–Crippen LogP) is 5.89. The van der Waals surface area contributed by atoms with Crippen molar-refractivity contribution >= 4 is 17.6 Å². The number of carbonyl (C=O) groups is 2. The molecule has 1 heterocycles. The van der Waals surface area contributed by atoms with Crippen LogP contribution in [0.5, 0.6) is 0 Å². The molecule has 0 bridgehead atoms. The van der Waals surface area contributed by atoms with Crippen LogP contribution in [0.4, 0.5) is 5.69 Å². The summed E-state index contributed by atoms with van der Waals surface area (Å²) in [5.74, 6) is -1.19. The molecule has 4 aromatic rings. The van der Waals surface area contributed by atoms with Gasteiger partial charge in [-0.3, -0.25) is 9.59 Å². The van der Waals surface area contributed by atoms with E-state index in [0.29, 0.717) is 0 Å². The Bertz CT molecular complexity index is 1300.